The van der Waals surface area contributed by atoms with Crippen molar-refractivity contribution in [3.63, 3.8) is 0 Å². The molecule has 4 aromatic rings. The molecule has 4 rings (SSSR count). The van der Waals surface area contributed by atoms with Crippen LogP contribution in [-0.2, 0) is 17.9 Å². The van der Waals surface area contributed by atoms with Crippen molar-refractivity contribution in [2.45, 2.75) is 27.5 Å². The lowest BCUT2D eigenvalue weighted by Crippen LogP contribution is -2.13. The van der Waals surface area contributed by atoms with Crippen LogP contribution in [0.5, 0.6) is 0 Å². The number of aromatic nitrogens is 3. The molecule has 0 unspecified atom stereocenters. The number of hydrogen-bond donors (Lipinski definition) is 1. The van der Waals surface area contributed by atoms with Gasteiger partial charge in [-0.3, -0.25) is 0 Å². The van der Waals surface area contributed by atoms with Crippen LogP contribution in [0.3, 0.4) is 0 Å². The number of hydrogen-bond acceptors (Lipinski definition) is 5. The van der Waals surface area contributed by atoms with E-state index in [4.69, 9.17) is 15.7 Å². The normalized spacial score (nSPS) is 11.9. The van der Waals surface area contributed by atoms with Gasteiger partial charge >= 0.3 is 0 Å². The molecule has 29 heavy (non-hydrogen) atoms. The van der Waals surface area contributed by atoms with Gasteiger partial charge in [0.2, 0.25) is 0 Å². The third kappa shape index (κ3) is 4.20. The molecule has 0 aliphatic rings. The molecule has 0 amide bonds. The molecule has 148 valence electrons. The zero-order chi connectivity index (χ0) is 19.5. The van der Waals surface area contributed by atoms with E-state index >= 15 is 0 Å². The summed E-state index contributed by atoms with van der Waals surface area (Å²) in [6.07, 6.45) is 1.83. The maximum Gasteiger partial charge on any atom is 0.152 e. The number of imidazole rings is 1. The van der Waals surface area contributed by atoms with Gasteiger partial charge in [-0.05, 0) is 29.7 Å². The van der Waals surface area contributed by atoms with E-state index in [0.29, 0.717) is 30.5 Å². The Hall–Kier alpha value is -3.43. The van der Waals surface area contributed by atoms with Gasteiger partial charge < -0.3 is 15.0 Å². The second-order valence-corrected chi connectivity index (χ2v) is 7.04. The lowest BCUT2D eigenvalue weighted by molar-refractivity contribution is 0.0872. The molecule has 2 N–H and O–H groups in total. The first-order valence-electron chi connectivity index (χ1n) is 9.21. The van der Waals surface area contributed by atoms with Gasteiger partial charge in [0.05, 0.1) is 42.2 Å². The predicted molar refractivity (Wildman–Crippen MR) is 116 cm³/mol. The van der Waals surface area contributed by atoms with Gasteiger partial charge in [0.1, 0.15) is 5.52 Å². The van der Waals surface area contributed by atoms with Gasteiger partial charge in [-0.2, -0.15) is 5.26 Å². The van der Waals surface area contributed by atoms with Crippen molar-refractivity contribution in [3.05, 3.63) is 66.0 Å². The third-order valence-electron chi connectivity index (χ3n) is 4.74. The second-order valence-electron chi connectivity index (χ2n) is 7.04. The summed E-state index contributed by atoms with van der Waals surface area (Å²) in [5.41, 5.74) is 10.4. The van der Waals surface area contributed by atoms with E-state index in [1.54, 1.807) is 0 Å². The number of pyridine rings is 1. The van der Waals surface area contributed by atoms with Gasteiger partial charge in [0, 0.05) is 11.9 Å². The summed E-state index contributed by atoms with van der Waals surface area (Å²) < 4.78 is 8.00. The maximum absolute atomic E-state index is 8.86. The summed E-state index contributed by atoms with van der Waals surface area (Å²) in [7, 11) is 0. The molecule has 0 aliphatic carbocycles. The van der Waals surface area contributed by atoms with E-state index in [1.165, 1.54) is 0 Å². The minimum Gasteiger partial charge on any atom is -0.382 e. The van der Waals surface area contributed by atoms with E-state index in [1.807, 2.05) is 54.9 Å². The third-order valence-corrected chi connectivity index (χ3v) is 4.74. The Balaban J connectivity index is 0.00000240. The molecule has 6 heteroatoms. The number of rotatable bonds is 6. The Morgan fingerprint density at radius 1 is 1.17 bits per heavy atom. The van der Waals surface area contributed by atoms with Crippen molar-refractivity contribution >= 4 is 27.8 Å². The van der Waals surface area contributed by atoms with Gasteiger partial charge in [0.25, 0.3) is 0 Å². The smallest absolute Gasteiger partial charge is 0.152 e. The van der Waals surface area contributed by atoms with Crippen LogP contribution in [-0.4, -0.2) is 21.1 Å². The summed E-state index contributed by atoms with van der Waals surface area (Å²) in [5, 5.41) is 9.91. The summed E-state index contributed by atoms with van der Waals surface area (Å²) in [6.45, 7) is 4.08. The number of nitrogens with two attached hydrogens (primary N) is 1. The van der Waals surface area contributed by atoms with Crippen LogP contribution in [0.25, 0.3) is 21.9 Å². The highest BCUT2D eigenvalue weighted by Crippen LogP contribution is 2.27. The highest BCUT2D eigenvalue weighted by Gasteiger charge is 2.14. The van der Waals surface area contributed by atoms with Crippen LogP contribution < -0.4 is 5.73 Å². The maximum atomic E-state index is 8.86. The molecule has 0 bridgehead atoms. The topological polar surface area (TPSA) is 89.8 Å². The number of nitriles is 1. The Morgan fingerprint density at radius 2 is 1.93 bits per heavy atom. The number of para-hydroxylation sites is 1. The molecule has 6 nitrogen and oxygen atoms in total. The number of ether oxygens (including phenoxy) is 1. The fourth-order valence-corrected chi connectivity index (χ4v) is 3.39. The first kappa shape index (κ1) is 20.3. The van der Waals surface area contributed by atoms with Gasteiger partial charge in [-0.25, -0.2) is 9.97 Å². The number of anilines is 1. The van der Waals surface area contributed by atoms with E-state index < -0.39 is 0 Å². The second kappa shape index (κ2) is 8.72. The Labute approximate surface area is 170 Å². The van der Waals surface area contributed by atoms with E-state index in [2.05, 4.69) is 27.5 Å². The zero-order valence-corrected chi connectivity index (χ0v) is 15.7. The Bertz CT molecular complexity index is 1160. The van der Waals surface area contributed by atoms with E-state index in [-0.39, 0.29) is 7.43 Å². The number of nitrogens with zero attached hydrogens (tertiary/aromatic N) is 4. The molecule has 0 aliphatic heterocycles. The molecule has 0 fully saturated rings. The van der Waals surface area contributed by atoms with Crippen molar-refractivity contribution in [2.75, 3.05) is 12.3 Å². The summed E-state index contributed by atoms with van der Waals surface area (Å²) in [4.78, 5) is 8.92. The Kier molecular flexibility index (Phi) is 6.10. The SMILES string of the molecule is C.C[C@@H](COCc1ccc(C#N)cc1)Cn1cnc2c(N)nc3ccccc3c21. The quantitative estimate of drug-likeness (QED) is 0.525. The minimum atomic E-state index is 0. The van der Waals surface area contributed by atoms with Crippen molar-refractivity contribution in [2.24, 2.45) is 5.92 Å². The lowest BCUT2D eigenvalue weighted by Gasteiger charge is -2.14. The fraction of sp³-hybridized carbons (Fsp3) is 0.261. The molecular formula is C23H25N5O. The number of fused-ring (bicyclic) bond motifs is 3. The first-order valence-corrected chi connectivity index (χ1v) is 9.21. The molecule has 0 spiro atoms. The van der Waals surface area contributed by atoms with Crippen molar-refractivity contribution in [3.8, 4) is 6.07 Å². The molecule has 2 heterocycles. The largest absolute Gasteiger partial charge is 0.382 e. The van der Waals surface area contributed by atoms with Crippen molar-refractivity contribution < 1.29 is 4.74 Å². The lowest BCUT2D eigenvalue weighted by atomic mass is 10.1. The molecular weight excluding hydrogens is 362 g/mol. The average molecular weight is 387 g/mol. The van der Waals surface area contributed by atoms with Gasteiger partial charge in [-0.15, -0.1) is 0 Å². The molecule has 0 saturated heterocycles. The minimum absolute atomic E-state index is 0. The van der Waals surface area contributed by atoms with Crippen LogP contribution >= 0.6 is 0 Å². The van der Waals surface area contributed by atoms with Gasteiger partial charge in [-0.1, -0.05) is 44.7 Å². The van der Waals surface area contributed by atoms with Crippen LogP contribution in [0, 0.1) is 17.2 Å². The highest BCUT2D eigenvalue weighted by molar-refractivity contribution is 6.06. The molecule has 2 aromatic carbocycles. The predicted octanol–water partition coefficient (Wildman–Crippen LogP) is 4.53. The Morgan fingerprint density at radius 3 is 2.69 bits per heavy atom. The van der Waals surface area contributed by atoms with Crippen LogP contribution in [0.4, 0.5) is 5.82 Å². The molecule has 0 radical (unpaired) electrons. The summed E-state index contributed by atoms with van der Waals surface area (Å²) >= 11 is 0. The fourth-order valence-electron chi connectivity index (χ4n) is 3.39. The monoisotopic (exact) mass is 387 g/mol. The molecule has 2 aromatic heterocycles. The first-order chi connectivity index (χ1) is 13.7. The van der Waals surface area contributed by atoms with Crippen molar-refractivity contribution in [1.29, 1.82) is 5.26 Å². The van der Waals surface area contributed by atoms with Crippen molar-refractivity contribution in [1.82, 2.24) is 14.5 Å². The summed E-state index contributed by atoms with van der Waals surface area (Å²) in [6, 6.07) is 17.6. The van der Waals surface area contributed by atoms with E-state index in [9.17, 15) is 0 Å². The average Bonchev–Trinajstić information content (AvgIpc) is 3.13. The number of benzene rings is 2. The van der Waals surface area contributed by atoms with Crippen LogP contribution in [0.15, 0.2) is 54.9 Å². The summed E-state index contributed by atoms with van der Waals surface area (Å²) in [5.74, 6) is 0.751. The van der Waals surface area contributed by atoms with Gasteiger partial charge in [0.15, 0.2) is 5.82 Å². The van der Waals surface area contributed by atoms with E-state index in [0.717, 1.165) is 34.0 Å². The standard InChI is InChI=1S/C22H21N5O.CH4/c1-15(12-28-13-17-8-6-16(10-23)7-9-17)11-27-14-25-20-21(27)18-4-2-3-5-19(18)26-22(20)24;/h2-9,14-15H,11-13H2,1H3,(H2,24,26);1H4/t15-;/m1./s1. The van der Waals surface area contributed by atoms with Crippen LogP contribution in [0.1, 0.15) is 25.5 Å². The molecule has 1 atom stereocenters. The van der Waals surface area contributed by atoms with Crippen LogP contribution in [0.2, 0.25) is 0 Å². The zero-order valence-electron chi connectivity index (χ0n) is 15.7. The highest BCUT2D eigenvalue weighted by atomic mass is 16.5. The molecule has 0 saturated carbocycles. The number of nitrogen functional groups attached to an aromatic ring is 1.